The van der Waals surface area contributed by atoms with Gasteiger partial charge >= 0.3 is 0 Å². The molecule has 140 valence electrons. The monoisotopic (exact) mass is 423 g/mol. The molecule has 1 atom stereocenters. The molecule has 0 fully saturated rings. The summed E-state index contributed by atoms with van der Waals surface area (Å²) in [5, 5.41) is 14.5. The fourth-order valence-corrected chi connectivity index (χ4v) is 3.86. The van der Waals surface area contributed by atoms with Gasteiger partial charge in [-0.2, -0.15) is 0 Å². The van der Waals surface area contributed by atoms with Crippen LogP contribution >= 0.6 is 35.0 Å². The van der Waals surface area contributed by atoms with E-state index in [-0.39, 0.29) is 12.5 Å². The second kappa shape index (κ2) is 7.59. The third kappa shape index (κ3) is 4.16. The highest BCUT2D eigenvalue weighted by Gasteiger charge is 2.18. The molecule has 1 amide bonds. The number of carbonyl (C=O) groups excluding carboxylic acids is 1. The number of aliphatic hydroxyl groups is 1. The average Bonchev–Trinajstić information content (AvgIpc) is 3.19. The number of carbonyl (C=O) groups is 1. The van der Waals surface area contributed by atoms with Crippen molar-refractivity contribution in [1.29, 1.82) is 0 Å². The van der Waals surface area contributed by atoms with Gasteiger partial charge in [0.2, 0.25) is 5.91 Å². The summed E-state index contributed by atoms with van der Waals surface area (Å²) in [6, 6.07) is 8.85. The number of nitrogens with zero attached hydrogens (tertiary/aromatic N) is 1. The van der Waals surface area contributed by atoms with Gasteiger partial charge in [0, 0.05) is 17.5 Å². The lowest BCUT2D eigenvalue weighted by molar-refractivity contribution is -0.115. The number of anilines is 1. The first-order chi connectivity index (χ1) is 13.0. The SMILES string of the molecule is O=C1Cc2ccc(OC[C@@H](O)CSc3nc4cc(Cl)c(Cl)cc4[nH]3)cc2N1. The quantitative estimate of drug-likeness (QED) is 0.523. The molecule has 1 aliphatic rings. The molecule has 3 N–H and O–H groups in total. The normalized spacial score (nSPS) is 14.3. The van der Waals surface area contributed by atoms with Gasteiger partial charge in [-0.1, -0.05) is 41.0 Å². The zero-order valence-electron chi connectivity index (χ0n) is 14.0. The second-order valence-electron chi connectivity index (χ2n) is 6.15. The number of halogens is 2. The standard InChI is InChI=1S/C18H15Cl2N3O3S/c19-12-5-15-16(6-13(12)20)23-18(22-15)27-8-10(24)7-26-11-2-1-9-3-17(25)21-14(9)4-11/h1-2,4-6,10,24H,3,7-8H2,(H,21,25)(H,22,23)/t10-/m1/s1. The molecule has 0 unspecified atom stereocenters. The Balaban J connectivity index is 1.32. The molecule has 2 aromatic carbocycles. The number of ether oxygens (including phenoxy) is 1. The zero-order chi connectivity index (χ0) is 19.0. The van der Waals surface area contributed by atoms with Crippen LogP contribution in [-0.2, 0) is 11.2 Å². The van der Waals surface area contributed by atoms with E-state index in [0.29, 0.717) is 33.1 Å². The summed E-state index contributed by atoms with van der Waals surface area (Å²) in [4.78, 5) is 18.9. The lowest BCUT2D eigenvalue weighted by Gasteiger charge is -2.12. The fraction of sp³-hybridized carbons (Fsp3) is 0.222. The predicted molar refractivity (Wildman–Crippen MR) is 107 cm³/mol. The Bertz CT molecular complexity index is 985. The minimum atomic E-state index is -0.682. The number of hydrogen-bond acceptors (Lipinski definition) is 5. The number of amides is 1. The van der Waals surface area contributed by atoms with Crippen molar-refractivity contribution in [1.82, 2.24) is 9.97 Å². The molecule has 2 heterocycles. The van der Waals surface area contributed by atoms with Crippen molar-refractivity contribution in [2.24, 2.45) is 0 Å². The van der Waals surface area contributed by atoms with Crippen LogP contribution in [0.2, 0.25) is 10.0 Å². The van der Waals surface area contributed by atoms with E-state index in [4.69, 9.17) is 27.9 Å². The van der Waals surface area contributed by atoms with E-state index in [2.05, 4.69) is 15.3 Å². The van der Waals surface area contributed by atoms with Crippen molar-refractivity contribution in [3.63, 3.8) is 0 Å². The van der Waals surface area contributed by atoms with Gasteiger partial charge in [-0.3, -0.25) is 4.79 Å². The molecule has 3 aromatic rings. The number of benzene rings is 2. The van der Waals surface area contributed by atoms with Crippen molar-refractivity contribution < 1.29 is 14.6 Å². The van der Waals surface area contributed by atoms with Crippen molar-refractivity contribution in [2.45, 2.75) is 17.7 Å². The maximum atomic E-state index is 11.4. The highest BCUT2D eigenvalue weighted by Crippen LogP contribution is 2.29. The molecule has 4 rings (SSSR count). The zero-order valence-corrected chi connectivity index (χ0v) is 16.3. The number of aromatic amines is 1. The first kappa shape index (κ1) is 18.4. The number of imidazole rings is 1. The highest BCUT2D eigenvalue weighted by atomic mass is 35.5. The summed E-state index contributed by atoms with van der Waals surface area (Å²) in [5.41, 5.74) is 3.23. The molecular weight excluding hydrogens is 409 g/mol. The van der Waals surface area contributed by atoms with Gasteiger partial charge in [-0.15, -0.1) is 0 Å². The molecule has 0 spiro atoms. The topological polar surface area (TPSA) is 87.2 Å². The lowest BCUT2D eigenvalue weighted by Crippen LogP contribution is -2.20. The maximum Gasteiger partial charge on any atom is 0.228 e. The van der Waals surface area contributed by atoms with Gasteiger partial charge in [0.25, 0.3) is 0 Å². The number of thioether (sulfide) groups is 1. The Morgan fingerprint density at radius 1 is 1.26 bits per heavy atom. The maximum absolute atomic E-state index is 11.4. The van der Waals surface area contributed by atoms with Crippen LogP contribution in [-0.4, -0.2) is 39.4 Å². The van der Waals surface area contributed by atoms with Crippen LogP contribution in [0.15, 0.2) is 35.5 Å². The van der Waals surface area contributed by atoms with Crippen LogP contribution in [0, 0.1) is 0 Å². The number of H-pyrrole nitrogens is 1. The Morgan fingerprint density at radius 3 is 2.93 bits per heavy atom. The third-order valence-corrected chi connectivity index (χ3v) is 5.80. The average molecular weight is 424 g/mol. The number of aromatic nitrogens is 2. The van der Waals surface area contributed by atoms with Crippen LogP contribution in [0.25, 0.3) is 11.0 Å². The molecule has 0 bridgehead atoms. The van der Waals surface area contributed by atoms with E-state index in [0.717, 1.165) is 22.3 Å². The summed E-state index contributed by atoms with van der Waals surface area (Å²) in [6.45, 7) is 0.137. The fourth-order valence-electron chi connectivity index (χ4n) is 2.75. The molecule has 1 aromatic heterocycles. The lowest BCUT2D eigenvalue weighted by atomic mass is 10.1. The minimum Gasteiger partial charge on any atom is -0.491 e. The van der Waals surface area contributed by atoms with Gasteiger partial charge < -0.3 is 20.1 Å². The summed E-state index contributed by atoms with van der Waals surface area (Å²) in [7, 11) is 0. The van der Waals surface area contributed by atoms with Crippen LogP contribution in [0.3, 0.4) is 0 Å². The Labute approximate surface area is 169 Å². The molecular formula is C18H15Cl2N3O3S. The van der Waals surface area contributed by atoms with Gasteiger partial charge in [0.05, 0.1) is 33.6 Å². The Morgan fingerprint density at radius 2 is 2.07 bits per heavy atom. The van der Waals surface area contributed by atoms with E-state index >= 15 is 0 Å². The number of aliphatic hydroxyl groups excluding tert-OH is 1. The van der Waals surface area contributed by atoms with Crippen LogP contribution < -0.4 is 10.1 Å². The van der Waals surface area contributed by atoms with E-state index in [1.807, 2.05) is 6.07 Å². The first-order valence-corrected chi connectivity index (χ1v) is 9.93. The van der Waals surface area contributed by atoms with Crippen molar-refractivity contribution in [3.8, 4) is 5.75 Å². The number of fused-ring (bicyclic) bond motifs is 2. The van der Waals surface area contributed by atoms with Crippen LogP contribution in [0.5, 0.6) is 5.75 Å². The van der Waals surface area contributed by atoms with Gasteiger partial charge in [0.15, 0.2) is 5.16 Å². The predicted octanol–water partition coefficient (Wildman–Crippen LogP) is 3.90. The van der Waals surface area contributed by atoms with Crippen LogP contribution in [0.1, 0.15) is 5.56 Å². The minimum absolute atomic E-state index is 0.0213. The van der Waals surface area contributed by atoms with E-state index < -0.39 is 6.10 Å². The van der Waals surface area contributed by atoms with Gasteiger partial charge in [-0.25, -0.2) is 4.98 Å². The Kier molecular flexibility index (Phi) is 5.19. The highest BCUT2D eigenvalue weighted by molar-refractivity contribution is 7.99. The summed E-state index contributed by atoms with van der Waals surface area (Å²) in [6.07, 6.45) is -0.291. The first-order valence-electron chi connectivity index (χ1n) is 8.19. The molecule has 27 heavy (non-hydrogen) atoms. The molecule has 1 aliphatic heterocycles. The van der Waals surface area contributed by atoms with Gasteiger partial charge in [-0.05, 0) is 23.8 Å². The molecule has 0 aliphatic carbocycles. The molecule has 9 heteroatoms. The largest absolute Gasteiger partial charge is 0.491 e. The van der Waals surface area contributed by atoms with Crippen molar-refractivity contribution in [3.05, 3.63) is 45.9 Å². The van der Waals surface area contributed by atoms with Crippen molar-refractivity contribution in [2.75, 3.05) is 17.7 Å². The van der Waals surface area contributed by atoms with Crippen LogP contribution in [0.4, 0.5) is 5.69 Å². The van der Waals surface area contributed by atoms with E-state index in [9.17, 15) is 9.90 Å². The van der Waals surface area contributed by atoms with Gasteiger partial charge in [0.1, 0.15) is 12.4 Å². The third-order valence-electron chi connectivity index (χ3n) is 4.06. The van der Waals surface area contributed by atoms with E-state index in [1.165, 1.54) is 11.8 Å². The Hall–Kier alpha value is -1.93. The second-order valence-corrected chi connectivity index (χ2v) is 7.97. The number of rotatable bonds is 6. The smallest absolute Gasteiger partial charge is 0.228 e. The van der Waals surface area contributed by atoms with Crippen molar-refractivity contribution >= 4 is 57.6 Å². The summed E-state index contributed by atoms with van der Waals surface area (Å²) < 4.78 is 5.63. The number of hydrogen-bond donors (Lipinski definition) is 3. The summed E-state index contributed by atoms with van der Waals surface area (Å²) >= 11 is 13.4. The molecule has 0 saturated carbocycles. The number of nitrogens with one attached hydrogen (secondary N) is 2. The van der Waals surface area contributed by atoms with E-state index in [1.54, 1.807) is 24.3 Å². The molecule has 0 saturated heterocycles. The summed E-state index contributed by atoms with van der Waals surface area (Å²) in [5.74, 6) is 0.989. The molecule has 6 nitrogen and oxygen atoms in total. The molecule has 0 radical (unpaired) electrons.